The summed E-state index contributed by atoms with van der Waals surface area (Å²) in [4.78, 5) is 24.4. The first-order valence-electron chi connectivity index (χ1n) is 9.84. The number of allylic oxidation sites excluding steroid dienone is 2. The molecule has 0 bridgehead atoms. The molecule has 0 saturated carbocycles. The molecule has 4 atom stereocenters. The molecule has 1 aromatic rings. The molecule has 2 heterocycles. The summed E-state index contributed by atoms with van der Waals surface area (Å²) in [6, 6.07) is 5.45. The third-order valence-electron chi connectivity index (χ3n) is 6.57. The number of fused-ring (bicyclic) bond motifs is 1. The number of methoxy groups -OCH3 is 1. The van der Waals surface area contributed by atoms with Gasteiger partial charge in [-0.25, -0.2) is 8.42 Å². The molecule has 2 aliphatic heterocycles. The number of rotatable bonds is 3. The van der Waals surface area contributed by atoms with E-state index in [-0.39, 0.29) is 17.6 Å². The molecule has 1 saturated heterocycles. The Hall–Kier alpha value is -2.42. The summed E-state index contributed by atoms with van der Waals surface area (Å²) in [7, 11) is -2.38. The van der Waals surface area contributed by atoms with Gasteiger partial charge in [0.15, 0.2) is 21.2 Å². The van der Waals surface area contributed by atoms with E-state index in [1.54, 1.807) is 24.3 Å². The second-order valence-corrected chi connectivity index (χ2v) is 11.5. The Labute approximate surface area is 175 Å². The van der Waals surface area contributed by atoms with E-state index in [0.717, 1.165) is 0 Å². The van der Waals surface area contributed by atoms with Gasteiger partial charge in [-0.3, -0.25) is 14.9 Å². The second-order valence-electron chi connectivity index (χ2n) is 9.37. The normalized spacial score (nSPS) is 34.0. The average Bonchev–Trinajstić information content (AvgIpc) is 2.85. The molecule has 4 rings (SSSR count). The van der Waals surface area contributed by atoms with E-state index in [4.69, 9.17) is 9.47 Å². The maximum Gasteiger partial charge on any atom is 0.266 e. The number of nitrogens with zero attached hydrogens (tertiary/aromatic N) is 1. The van der Waals surface area contributed by atoms with Crippen molar-refractivity contribution in [3.63, 3.8) is 0 Å². The minimum atomic E-state index is -3.90. The molecule has 0 unspecified atom stereocenters. The van der Waals surface area contributed by atoms with Crippen LogP contribution in [0.15, 0.2) is 35.6 Å². The van der Waals surface area contributed by atoms with Crippen molar-refractivity contribution in [3.05, 3.63) is 51.3 Å². The predicted octanol–water partition coefficient (Wildman–Crippen LogP) is 2.65. The molecule has 0 radical (unpaired) electrons. The zero-order valence-electron chi connectivity index (χ0n) is 17.4. The molecule has 1 fully saturated rings. The number of carbonyl (C=O) groups is 1. The van der Waals surface area contributed by atoms with Crippen molar-refractivity contribution in [2.24, 2.45) is 5.41 Å². The van der Waals surface area contributed by atoms with Crippen LogP contribution in [0.3, 0.4) is 0 Å². The van der Waals surface area contributed by atoms with Crippen LogP contribution < -0.4 is 4.74 Å². The van der Waals surface area contributed by atoms with Crippen LogP contribution in [0.5, 0.6) is 5.75 Å². The Morgan fingerprint density at radius 1 is 1.17 bits per heavy atom. The summed E-state index contributed by atoms with van der Waals surface area (Å²) in [5.41, 5.74) is -0.969. The Morgan fingerprint density at radius 2 is 1.80 bits per heavy atom. The first kappa shape index (κ1) is 20.8. The van der Waals surface area contributed by atoms with Gasteiger partial charge in [0.25, 0.3) is 6.04 Å². The third-order valence-corrected chi connectivity index (χ3v) is 8.86. The van der Waals surface area contributed by atoms with Crippen LogP contribution in [-0.4, -0.2) is 48.9 Å². The number of ether oxygens (including phenoxy) is 2. The molecular formula is C21H25NO7S. The monoisotopic (exact) mass is 435 g/mol. The number of ketones is 1. The van der Waals surface area contributed by atoms with Gasteiger partial charge in [-0.15, -0.1) is 0 Å². The van der Waals surface area contributed by atoms with Gasteiger partial charge < -0.3 is 9.47 Å². The summed E-state index contributed by atoms with van der Waals surface area (Å²) >= 11 is 0. The molecular weight excluding hydrogens is 410 g/mol. The highest BCUT2D eigenvalue weighted by Gasteiger charge is 2.70. The lowest BCUT2D eigenvalue weighted by molar-refractivity contribution is -0.537. The zero-order valence-corrected chi connectivity index (χ0v) is 18.2. The molecule has 8 nitrogen and oxygen atoms in total. The number of hydrogen-bond donors (Lipinski definition) is 0. The lowest BCUT2D eigenvalue weighted by Gasteiger charge is -2.46. The van der Waals surface area contributed by atoms with Gasteiger partial charge in [-0.05, 0) is 30.0 Å². The van der Waals surface area contributed by atoms with Gasteiger partial charge in [0, 0.05) is 29.3 Å². The smallest absolute Gasteiger partial charge is 0.266 e. The summed E-state index contributed by atoms with van der Waals surface area (Å²) in [5.74, 6) is -0.602. The fourth-order valence-electron chi connectivity index (χ4n) is 5.26. The molecule has 162 valence electrons. The number of nitro groups is 1. The van der Waals surface area contributed by atoms with E-state index >= 15 is 0 Å². The van der Waals surface area contributed by atoms with Gasteiger partial charge in [0.1, 0.15) is 22.5 Å². The molecule has 1 aromatic carbocycles. The molecule has 1 aliphatic carbocycles. The first-order chi connectivity index (χ1) is 13.9. The zero-order chi connectivity index (χ0) is 22.1. The maximum absolute atomic E-state index is 13.2. The van der Waals surface area contributed by atoms with E-state index in [0.29, 0.717) is 29.1 Å². The van der Waals surface area contributed by atoms with Crippen molar-refractivity contribution < 1.29 is 27.6 Å². The van der Waals surface area contributed by atoms with Crippen LogP contribution in [0.25, 0.3) is 0 Å². The molecule has 0 spiro atoms. The van der Waals surface area contributed by atoms with Gasteiger partial charge in [-0.1, -0.05) is 26.0 Å². The van der Waals surface area contributed by atoms with Crippen molar-refractivity contribution in [1.82, 2.24) is 0 Å². The van der Waals surface area contributed by atoms with E-state index in [1.807, 2.05) is 13.8 Å². The predicted molar refractivity (Wildman–Crippen MR) is 109 cm³/mol. The largest absolute Gasteiger partial charge is 0.497 e. The summed E-state index contributed by atoms with van der Waals surface area (Å²) in [6.45, 7) is 5.37. The van der Waals surface area contributed by atoms with Crippen LogP contribution in [0.1, 0.15) is 45.1 Å². The highest BCUT2D eigenvalue weighted by molar-refractivity contribution is 7.92. The highest BCUT2D eigenvalue weighted by atomic mass is 32.2. The molecule has 0 amide bonds. The van der Waals surface area contributed by atoms with Crippen molar-refractivity contribution in [2.45, 2.75) is 56.4 Å². The lowest BCUT2D eigenvalue weighted by Crippen LogP contribution is -2.56. The minimum absolute atomic E-state index is 0.163. The van der Waals surface area contributed by atoms with Gasteiger partial charge >= 0.3 is 0 Å². The summed E-state index contributed by atoms with van der Waals surface area (Å²) in [6.07, 6.45) is 0.692. The van der Waals surface area contributed by atoms with Crippen molar-refractivity contribution in [1.29, 1.82) is 0 Å². The Balaban J connectivity index is 1.97. The van der Waals surface area contributed by atoms with Crippen LogP contribution in [-0.2, 0) is 19.4 Å². The molecule has 0 aromatic heterocycles. The number of benzene rings is 1. The number of carbonyl (C=O) groups excluding carboxylic acids is 1. The molecule has 9 heteroatoms. The van der Waals surface area contributed by atoms with Crippen molar-refractivity contribution >= 4 is 15.6 Å². The van der Waals surface area contributed by atoms with E-state index in [1.165, 1.54) is 14.0 Å². The molecule has 30 heavy (non-hydrogen) atoms. The Morgan fingerprint density at radius 3 is 2.37 bits per heavy atom. The number of hydrogen-bond acceptors (Lipinski definition) is 7. The van der Waals surface area contributed by atoms with E-state index in [9.17, 15) is 23.3 Å². The highest BCUT2D eigenvalue weighted by Crippen LogP contribution is 2.55. The minimum Gasteiger partial charge on any atom is -0.497 e. The Kier molecular flexibility index (Phi) is 4.54. The van der Waals surface area contributed by atoms with Gasteiger partial charge in [-0.2, -0.15) is 0 Å². The average molecular weight is 435 g/mol. The second kappa shape index (κ2) is 6.54. The van der Waals surface area contributed by atoms with Crippen LogP contribution >= 0.6 is 0 Å². The van der Waals surface area contributed by atoms with Crippen molar-refractivity contribution in [3.8, 4) is 5.75 Å². The van der Waals surface area contributed by atoms with Crippen LogP contribution in [0, 0.1) is 15.5 Å². The van der Waals surface area contributed by atoms with Gasteiger partial charge in [0.2, 0.25) is 0 Å². The van der Waals surface area contributed by atoms with Crippen LogP contribution in [0.2, 0.25) is 0 Å². The quantitative estimate of drug-likeness (QED) is 0.530. The fraction of sp³-hybridized carbons (Fsp3) is 0.571. The Bertz CT molecular complexity index is 1060. The van der Waals surface area contributed by atoms with E-state index in [2.05, 4.69) is 0 Å². The number of sulfone groups is 1. The summed E-state index contributed by atoms with van der Waals surface area (Å²) < 4.78 is 37.7. The van der Waals surface area contributed by atoms with Crippen molar-refractivity contribution in [2.75, 3.05) is 12.9 Å². The fourth-order valence-corrected chi connectivity index (χ4v) is 7.98. The lowest BCUT2D eigenvalue weighted by atomic mass is 9.68. The molecule has 3 aliphatic rings. The number of Topliss-reactive ketones (excluding diaryl/α,β-unsaturated/α-hetero) is 1. The molecule has 0 N–H and O–H groups in total. The maximum atomic E-state index is 13.2. The third kappa shape index (κ3) is 3.02. The standard InChI is InChI=1S/C21H25NO7S/c1-20(2)9-14(23)18-15(10-20)29-21(3)16(22(24)25)11-30(26,27)19(21)17(18)12-5-7-13(28-4)8-6-12/h5-8,16-17,19H,9-11H2,1-4H3/t16-,17+,19+,21+/m0/s1. The van der Waals surface area contributed by atoms with Gasteiger partial charge in [0.05, 0.1) is 7.11 Å². The SMILES string of the molecule is COc1ccc([C@@H]2C3=C(CC(C)(C)CC3=O)O[C@]3(C)[C@@H]([N+](=O)[O-])CS(=O)(=O)[C@H]23)cc1. The van der Waals surface area contributed by atoms with E-state index < -0.39 is 43.3 Å². The first-order valence-corrected chi connectivity index (χ1v) is 11.6. The topological polar surface area (TPSA) is 113 Å². The van der Waals surface area contributed by atoms with Crippen LogP contribution in [0.4, 0.5) is 0 Å². The summed E-state index contributed by atoms with van der Waals surface area (Å²) in [5, 5.41) is 10.6.